The lowest BCUT2D eigenvalue weighted by atomic mass is 10.0. The highest BCUT2D eigenvalue weighted by atomic mass is 32.2. The third kappa shape index (κ3) is 21.7. The fraction of sp³-hybridized carbons (Fsp3) is 0.812. The molecule has 5 heteroatoms. The molecule has 0 aliphatic heterocycles. The zero-order valence-corrected chi connectivity index (χ0v) is 26.5. The molecule has 0 heterocycles. The second-order valence-electron chi connectivity index (χ2n) is 12.8. The lowest BCUT2D eigenvalue weighted by Crippen LogP contribution is -2.46. The quantitative estimate of drug-likeness (QED) is 0.100. The maximum absolute atomic E-state index is 10.4. The van der Waals surface area contributed by atoms with Crippen LogP contribution in [0.4, 0.5) is 0 Å². The van der Waals surface area contributed by atoms with E-state index in [4.69, 9.17) is 0 Å². The van der Waals surface area contributed by atoms with E-state index in [1.807, 2.05) is 6.92 Å². The summed E-state index contributed by atoms with van der Waals surface area (Å²) < 4.78 is 32.5. The van der Waals surface area contributed by atoms with E-state index in [1.54, 1.807) is 12.1 Å². The summed E-state index contributed by atoms with van der Waals surface area (Å²) in [5, 5.41) is 0. The number of nitrogens with zero attached hydrogens (tertiary/aromatic N) is 1. The molecule has 37 heavy (non-hydrogen) atoms. The zero-order chi connectivity index (χ0) is 28.3. The van der Waals surface area contributed by atoms with Crippen LogP contribution in [-0.4, -0.2) is 44.1 Å². The Morgan fingerprint density at radius 3 is 1.22 bits per heavy atom. The largest absolute Gasteiger partial charge is 0.744 e. The minimum atomic E-state index is -4.27. The van der Waals surface area contributed by atoms with E-state index < -0.39 is 10.1 Å². The van der Waals surface area contributed by atoms with Crippen LogP contribution < -0.4 is 0 Å². The fourth-order valence-corrected chi connectivity index (χ4v) is 5.18. The van der Waals surface area contributed by atoms with E-state index in [-0.39, 0.29) is 4.90 Å². The minimum absolute atomic E-state index is 0.178. The summed E-state index contributed by atoms with van der Waals surface area (Å²) >= 11 is 0. The molecule has 4 nitrogen and oxygen atoms in total. The number of aryl methyl sites for hydroxylation is 1. The predicted molar refractivity (Wildman–Crippen MR) is 160 cm³/mol. The molecule has 0 aromatic heterocycles. The molecule has 0 bridgehead atoms. The second-order valence-corrected chi connectivity index (χ2v) is 14.2. The molecule has 0 saturated carbocycles. The Kier molecular flexibility index (Phi) is 19.6. The highest BCUT2D eigenvalue weighted by molar-refractivity contribution is 7.85. The summed E-state index contributed by atoms with van der Waals surface area (Å²) in [7, 11) is -1.72. The van der Waals surface area contributed by atoms with Crippen molar-refractivity contribution >= 4 is 10.1 Å². The number of hydrogen-bond donors (Lipinski definition) is 0. The van der Waals surface area contributed by atoms with Crippen molar-refractivity contribution in [3.05, 3.63) is 29.8 Å². The molecule has 1 aromatic rings. The molecule has 1 rings (SSSR count). The van der Waals surface area contributed by atoms with Crippen molar-refractivity contribution in [3.63, 3.8) is 0 Å². The highest BCUT2D eigenvalue weighted by Crippen LogP contribution is 2.17. The van der Waals surface area contributed by atoms with Crippen LogP contribution >= 0.6 is 0 Å². The van der Waals surface area contributed by atoms with Crippen LogP contribution in [0.1, 0.15) is 124 Å². The molecule has 0 radical (unpaired) electrons. The first-order chi connectivity index (χ1) is 17.2. The standard InChI is InChI=1S/C25H54N.C7H8O3S/c1-23(2)17-11-8-14-20-26(7,21-15-9-12-18-24(3)4)22-16-10-13-19-25(5)6;1-6-2-4-7(5-3-6)11(8,9)10/h23-25H,8-22H2,1-7H3;2-5H,1H3,(H,8,9,10)/q+1;/p-1. The molecule has 218 valence electrons. The third-order valence-corrected chi connectivity index (χ3v) is 8.10. The molecule has 0 N–H and O–H groups in total. The number of unbranched alkanes of at least 4 members (excludes halogenated alkanes) is 6. The van der Waals surface area contributed by atoms with Crippen molar-refractivity contribution in [2.45, 2.75) is 130 Å². The van der Waals surface area contributed by atoms with Gasteiger partial charge in [0.1, 0.15) is 10.1 Å². The van der Waals surface area contributed by atoms with Gasteiger partial charge in [-0.25, -0.2) is 8.42 Å². The van der Waals surface area contributed by atoms with Gasteiger partial charge in [0.2, 0.25) is 0 Å². The molecule has 0 aliphatic rings. The van der Waals surface area contributed by atoms with E-state index in [0.29, 0.717) is 0 Å². The number of quaternary nitrogens is 1. The van der Waals surface area contributed by atoms with Gasteiger partial charge in [-0.05, 0) is 75.3 Å². The Morgan fingerprint density at radius 1 is 0.622 bits per heavy atom. The van der Waals surface area contributed by atoms with Gasteiger partial charge in [0.25, 0.3) is 0 Å². The van der Waals surface area contributed by atoms with Crippen LogP contribution in [0, 0.1) is 24.7 Å². The van der Waals surface area contributed by atoms with Gasteiger partial charge in [-0.3, -0.25) is 0 Å². The van der Waals surface area contributed by atoms with Crippen molar-refractivity contribution in [3.8, 4) is 0 Å². The Morgan fingerprint density at radius 2 is 0.946 bits per heavy atom. The van der Waals surface area contributed by atoms with E-state index >= 15 is 0 Å². The average Bonchev–Trinajstić information content (AvgIpc) is 2.78. The van der Waals surface area contributed by atoms with E-state index in [0.717, 1.165) is 23.3 Å². The van der Waals surface area contributed by atoms with Crippen molar-refractivity contribution < 1.29 is 17.5 Å². The number of rotatable bonds is 19. The van der Waals surface area contributed by atoms with Crippen molar-refractivity contribution in [1.82, 2.24) is 0 Å². The van der Waals surface area contributed by atoms with Crippen molar-refractivity contribution in [1.29, 1.82) is 0 Å². The number of hydrogen-bond acceptors (Lipinski definition) is 3. The summed E-state index contributed by atoms with van der Waals surface area (Å²) in [4.78, 5) is -0.178. The molecular formula is C32H61NO3S. The fourth-order valence-electron chi connectivity index (χ4n) is 4.71. The number of benzene rings is 1. The first-order valence-corrected chi connectivity index (χ1v) is 16.5. The highest BCUT2D eigenvalue weighted by Gasteiger charge is 2.20. The molecule has 0 spiro atoms. The molecule has 0 unspecified atom stereocenters. The minimum Gasteiger partial charge on any atom is -0.744 e. The summed E-state index contributed by atoms with van der Waals surface area (Å²) in [6.07, 6.45) is 17.1. The van der Waals surface area contributed by atoms with E-state index in [9.17, 15) is 13.0 Å². The van der Waals surface area contributed by atoms with Gasteiger partial charge in [0, 0.05) is 0 Å². The van der Waals surface area contributed by atoms with Gasteiger partial charge < -0.3 is 9.04 Å². The summed E-state index contributed by atoms with van der Waals surface area (Å²) in [5.74, 6) is 2.62. The Labute approximate surface area is 232 Å². The van der Waals surface area contributed by atoms with Gasteiger partial charge in [0.15, 0.2) is 0 Å². The first kappa shape index (κ1) is 36.1. The molecule has 0 saturated heterocycles. The normalized spacial score (nSPS) is 12.3. The van der Waals surface area contributed by atoms with Crippen molar-refractivity contribution in [2.24, 2.45) is 17.8 Å². The Hall–Kier alpha value is -0.910. The van der Waals surface area contributed by atoms with Crippen LogP contribution in [0.25, 0.3) is 0 Å². The summed E-state index contributed by atoms with van der Waals surface area (Å²) in [6, 6.07) is 5.78. The average molecular weight is 540 g/mol. The SMILES string of the molecule is CC(C)CCCCC[N+](C)(CCCCCC(C)C)CCCCCC(C)C.Cc1ccc(S(=O)(=O)[O-])cc1. The lowest BCUT2D eigenvalue weighted by Gasteiger charge is -2.35. The van der Waals surface area contributed by atoms with Gasteiger partial charge in [0.05, 0.1) is 31.6 Å². The van der Waals surface area contributed by atoms with Crippen LogP contribution in [0.3, 0.4) is 0 Å². The van der Waals surface area contributed by atoms with Crippen LogP contribution in [0.2, 0.25) is 0 Å². The Bertz CT molecular complexity index is 724. The summed E-state index contributed by atoms with van der Waals surface area (Å²) in [6.45, 7) is 20.2. The molecule has 0 aliphatic carbocycles. The second kappa shape index (κ2) is 20.1. The molecule has 0 amide bonds. The van der Waals surface area contributed by atoms with E-state index in [1.165, 1.54) is 113 Å². The molecule has 0 fully saturated rings. The van der Waals surface area contributed by atoms with Gasteiger partial charge in [-0.1, -0.05) is 97.8 Å². The third-order valence-electron chi connectivity index (χ3n) is 7.25. The molecule has 1 aromatic carbocycles. The smallest absolute Gasteiger partial charge is 0.124 e. The van der Waals surface area contributed by atoms with Crippen LogP contribution in [0.15, 0.2) is 29.2 Å². The molecular weight excluding hydrogens is 478 g/mol. The maximum Gasteiger partial charge on any atom is 0.124 e. The Balaban J connectivity index is 0.000000970. The topological polar surface area (TPSA) is 57.2 Å². The van der Waals surface area contributed by atoms with Crippen LogP contribution in [-0.2, 0) is 10.1 Å². The molecule has 0 atom stereocenters. The van der Waals surface area contributed by atoms with Gasteiger partial charge >= 0.3 is 0 Å². The van der Waals surface area contributed by atoms with E-state index in [2.05, 4.69) is 48.6 Å². The zero-order valence-electron chi connectivity index (χ0n) is 25.7. The van der Waals surface area contributed by atoms with Crippen molar-refractivity contribution in [2.75, 3.05) is 26.7 Å². The van der Waals surface area contributed by atoms with Crippen LogP contribution in [0.5, 0.6) is 0 Å². The maximum atomic E-state index is 10.4. The first-order valence-electron chi connectivity index (χ1n) is 15.1. The van der Waals surface area contributed by atoms with Gasteiger partial charge in [-0.15, -0.1) is 0 Å². The summed E-state index contributed by atoms with van der Waals surface area (Å²) in [5.41, 5.74) is 0.928. The lowest BCUT2D eigenvalue weighted by molar-refractivity contribution is -0.910. The monoisotopic (exact) mass is 539 g/mol. The predicted octanol–water partition coefficient (Wildman–Crippen LogP) is 8.98. The van der Waals surface area contributed by atoms with Gasteiger partial charge in [-0.2, -0.15) is 0 Å².